The molecule has 1 unspecified atom stereocenters. The van der Waals surface area contributed by atoms with Gasteiger partial charge < -0.3 is 37.2 Å². The minimum Gasteiger partial charge on any atom is -1.00 e. The molecule has 154 valence electrons. The molecule has 1 atom stereocenters. The maximum atomic E-state index is 3.63. The minimum atomic E-state index is -1.43. The first-order valence-corrected chi connectivity index (χ1v) is 11.0. The van der Waals surface area contributed by atoms with Gasteiger partial charge in [0.2, 0.25) is 0 Å². The standard InChI is InChI=1S/C24H29Si.3ClH.Ti/c1-15-8-16(2)11-22(10-15)25(23-12-17(3)9-18(4)13-23)24-20(6)14-19(5)21(24)7;;;;/h8-13,24-25H,1-7H3;3*1H;/q-1;;;;+4/p-3. The maximum absolute atomic E-state index is 3.63. The van der Waals surface area contributed by atoms with Gasteiger partial charge in [-0.15, -0.1) is 6.92 Å². The zero-order chi connectivity index (χ0) is 18.3. The largest absolute Gasteiger partial charge is 4.00 e. The molecule has 0 radical (unpaired) electrons. The summed E-state index contributed by atoms with van der Waals surface area (Å²) in [6.07, 6.45) is 3.63. The van der Waals surface area contributed by atoms with Gasteiger partial charge in [0.25, 0.3) is 0 Å². The Morgan fingerprint density at radius 3 is 1.24 bits per heavy atom. The monoisotopic (exact) mass is 498 g/mol. The minimum absolute atomic E-state index is 0. The smallest absolute Gasteiger partial charge is 1.00 e. The SMILES string of the molecule is CC1=[C-]C(C)=C(C)C1[SiH](c1cc(C)cc(C)c1)c1cc(C)cc(C)c1.[Cl-].[Cl-].[Cl-].[Ti+4]. The van der Waals surface area contributed by atoms with Crippen LogP contribution < -0.4 is 47.6 Å². The number of hydrogen-bond donors (Lipinski definition) is 0. The van der Waals surface area contributed by atoms with Crippen molar-refractivity contribution >= 4 is 19.2 Å². The molecule has 0 amide bonds. The molecule has 0 saturated carbocycles. The zero-order valence-electron chi connectivity index (χ0n) is 18.3. The predicted molar refractivity (Wildman–Crippen MR) is 113 cm³/mol. The van der Waals surface area contributed by atoms with Crippen LogP contribution in [0.25, 0.3) is 0 Å². The van der Waals surface area contributed by atoms with Crippen molar-refractivity contribution in [2.75, 3.05) is 0 Å². The molecule has 0 aromatic heterocycles. The van der Waals surface area contributed by atoms with Crippen molar-refractivity contribution in [3.05, 3.63) is 81.4 Å². The molecular formula is C24H29Cl3SiTi. The topological polar surface area (TPSA) is 0 Å². The van der Waals surface area contributed by atoms with E-state index in [4.69, 9.17) is 0 Å². The molecule has 0 fully saturated rings. The van der Waals surface area contributed by atoms with Gasteiger partial charge in [-0.3, -0.25) is 0 Å². The maximum Gasteiger partial charge on any atom is 4.00 e. The van der Waals surface area contributed by atoms with E-state index in [0.717, 1.165) is 0 Å². The first kappa shape index (κ1) is 30.9. The fourth-order valence-corrected chi connectivity index (χ4v) is 8.74. The van der Waals surface area contributed by atoms with Gasteiger partial charge in [-0.2, -0.15) is 5.57 Å². The number of rotatable bonds is 3. The van der Waals surface area contributed by atoms with Crippen molar-refractivity contribution in [2.24, 2.45) is 0 Å². The van der Waals surface area contributed by atoms with Crippen LogP contribution in [0.3, 0.4) is 0 Å². The fourth-order valence-electron chi connectivity index (χ4n) is 4.49. The van der Waals surface area contributed by atoms with Crippen LogP contribution in [0.2, 0.25) is 5.54 Å². The Balaban J connectivity index is 0. The average molecular weight is 500 g/mol. The van der Waals surface area contributed by atoms with Crippen molar-refractivity contribution in [1.82, 2.24) is 0 Å². The third kappa shape index (κ3) is 6.86. The average Bonchev–Trinajstić information content (AvgIpc) is 2.72. The Hall–Kier alpha value is -0.279. The van der Waals surface area contributed by atoms with Crippen molar-refractivity contribution < 1.29 is 58.9 Å². The Labute approximate surface area is 212 Å². The molecule has 0 bridgehead atoms. The first-order valence-electron chi connectivity index (χ1n) is 9.20. The number of benzene rings is 2. The van der Waals surface area contributed by atoms with Gasteiger partial charge >= 0.3 is 21.7 Å². The molecule has 0 spiro atoms. The Morgan fingerprint density at radius 1 is 0.621 bits per heavy atom. The Bertz CT molecular complexity index is 811. The normalized spacial score (nSPS) is 15.0. The molecule has 0 nitrogen and oxygen atoms in total. The van der Waals surface area contributed by atoms with Gasteiger partial charge in [0.15, 0.2) is 0 Å². The van der Waals surface area contributed by atoms with Crippen molar-refractivity contribution in [2.45, 2.75) is 54.0 Å². The molecule has 29 heavy (non-hydrogen) atoms. The van der Waals surface area contributed by atoms with E-state index in [9.17, 15) is 0 Å². The van der Waals surface area contributed by atoms with Crippen LogP contribution in [-0.2, 0) is 21.7 Å². The third-order valence-electron chi connectivity index (χ3n) is 5.45. The van der Waals surface area contributed by atoms with Crippen LogP contribution in [0.5, 0.6) is 0 Å². The molecule has 1 aliphatic carbocycles. The van der Waals surface area contributed by atoms with Crippen LogP contribution >= 0.6 is 0 Å². The van der Waals surface area contributed by atoms with Crippen LogP contribution in [0.15, 0.2) is 53.1 Å². The van der Waals surface area contributed by atoms with Gasteiger partial charge in [0.05, 0.1) is 8.80 Å². The molecule has 3 rings (SSSR count). The molecule has 0 aliphatic heterocycles. The van der Waals surface area contributed by atoms with Crippen molar-refractivity contribution in [1.29, 1.82) is 0 Å². The summed E-state index contributed by atoms with van der Waals surface area (Å²) in [6.45, 7) is 15.7. The van der Waals surface area contributed by atoms with E-state index in [1.54, 1.807) is 10.4 Å². The number of hydrogen-bond acceptors (Lipinski definition) is 0. The molecule has 2 aromatic rings. The van der Waals surface area contributed by atoms with Gasteiger partial charge in [-0.05, 0) is 27.7 Å². The Kier molecular flexibility index (Phi) is 13.4. The molecule has 2 aromatic carbocycles. The first-order chi connectivity index (χ1) is 11.8. The Morgan fingerprint density at radius 2 is 0.966 bits per heavy atom. The quantitative estimate of drug-likeness (QED) is 0.297. The van der Waals surface area contributed by atoms with Crippen LogP contribution in [0.1, 0.15) is 43.0 Å². The molecule has 0 saturated heterocycles. The molecule has 0 heterocycles. The van der Waals surface area contributed by atoms with Gasteiger partial charge in [-0.1, -0.05) is 88.4 Å². The summed E-state index contributed by atoms with van der Waals surface area (Å²) >= 11 is 0. The summed E-state index contributed by atoms with van der Waals surface area (Å²) in [6, 6.07) is 14.3. The number of aryl methyl sites for hydroxylation is 4. The molecule has 1 aliphatic rings. The van der Waals surface area contributed by atoms with E-state index < -0.39 is 8.80 Å². The molecule has 5 heteroatoms. The van der Waals surface area contributed by atoms with E-state index >= 15 is 0 Å². The van der Waals surface area contributed by atoms with Crippen molar-refractivity contribution in [3.63, 3.8) is 0 Å². The van der Waals surface area contributed by atoms with Gasteiger partial charge in [0.1, 0.15) is 0 Å². The predicted octanol–water partition coefficient (Wildman–Crippen LogP) is -4.26. The second-order valence-corrected chi connectivity index (χ2v) is 10.9. The van der Waals surface area contributed by atoms with Crippen LogP contribution in [0, 0.1) is 33.8 Å². The van der Waals surface area contributed by atoms with Crippen molar-refractivity contribution in [3.8, 4) is 0 Å². The summed E-state index contributed by atoms with van der Waals surface area (Å²) in [5, 5.41) is 3.12. The van der Waals surface area contributed by atoms with E-state index in [1.807, 2.05) is 0 Å². The van der Waals surface area contributed by atoms with Gasteiger partial charge in [-0.25, -0.2) is 17.2 Å². The van der Waals surface area contributed by atoms with E-state index in [0.29, 0.717) is 5.54 Å². The summed E-state index contributed by atoms with van der Waals surface area (Å²) in [7, 11) is -1.43. The number of halogens is 3. The molecular weight excluding hydrogens is 471 g/mol. The van der Waals surface area contributed by atoms with Gasteiger partial charge in [0, 0.05) is 0 Å². The fraction of sp³-hybridized carbons (Fsp3) is 0.333. The third-order valence-corrected chi connectivity index (χ3v) is 9.22. The van der Waals surface area contributed by atoms with Crippen LogP contribution in [0.4, 0.5) is 0 Å². The summed E-state index contributed by atoms with van der Waals surface area (Å²) < 4.78 is 0. The summed E-state index contributed by atoms with van der Waals surface area (Å²) in [5.41, 5.74) is 10.3. The second kappa shape index (κ2) is 12.5. The summed E-state index contributed by atoms with van der Waals surface area (Å²) in [4.78, 5) is 0. The van der Waals surface area contributed by atoms with E-state index in [-0.39, 0.29) is 58.9 Å². The van der Waals surface area contributed by atoms with E-state index in [2.05, 4.69) is 90.9 Å². The van der Waals surface area contributed by atoms with Crippen LogP contribution in [-0.4, -0.2) is 8.80 Å². The second-order valence-electron chi connectivity index (χ2n) is 7.91. The number of allylic oxidation sites excluding steroid dienone is 4. The molecule has 0 N–H and O–H groups in total. The van der Waals surface area contributed by atoms with E-state index in [1.165, 1.54) is 39.0 Å². The zero-order valence-corrected chi connectivity index (χ0v) is 23.2. The summed E-state index contributed by atoms with van der Waals surface area (Å²) in [5.74, 6) is 0.